The van der Waals surface area contributed by atoms with Crippen LogP contribution < -0.4 is 10.6 Å². The summed E-state index contributed by atoms with van der Waals surface area (Å²) in [5.41, 5.74) is -0.267. The number of rotatable bonds is 7. The molecule has 20 heavy (non-hydrogen) atoms. The minimum Gasteiger partial charge on any atom is -0.394 e. The van der Waals surface area contributed by atoms with Crippen molar-refractivity contribution in [3.63, 3.8) is 0 Å². The Bertz CT molecular complexity index is 299. The van der Waals surface area contributed by atoms with Crippen LogP contribution in [0.1, 0.15) is 66.2 Å². The summed E-state index contributed by atoms with van der Waals surface area (Å²) in [6.07, 6.45) is 6.21. The lowest BCUT2D eigenvalue weighted by atomic mass is 9.77. The largest absolute Gasteiger partial charge is 0.394 e. The zero-order chi connectivity index (χ0) is 15.2. The summed E-state index contributed by atoms with van der Waals surface area (Å²) < 4.78 is 0. The predicted octanol–water partition coefficient (Wildman–Crippen LogP) is 2.21. The van der Waals surface area contributed by atoms with E-state index in [1.54, 1.807) is 0 Å². The molecule has 1 rings (SSSR count). The lowest BCUT2D eigenvalue weighted by Crippen LogP contribution is -2.58. The molecular formula is C16H32N2O2. The number of aliphatic hydroxyl groups is 1. The molecule has 4 nitrogen and oxygen atoms in total. The number of hydrogen-bond donors (Lipinski definition) is 3. The number of amides is 1. The van der Waals surface area contributed by atoms with Crippen LogP contribution in [0.2, 0.25) is 0 Å². The highest BCUT2D eigenvalue weighted by atomic mass is 16.3. The topological polar surface area (TPSA) is 61.4 Å². The zero-order valence-corrected chi connectivity index (χ0v) is 13.5. The van der Waals surface area contributed by atoms with Gasteiger partial charge in [0.05, 0.1) is 12.6 Å². The molecule has 0 spiro atoms. The Labute approximate surface area is 123 Å². The quantitative estimate of drug-likeness (QED) is 0.672. The summed E-state index contributed by atoms with van der Waals surface area (Å²) in [6.45, 7) is 8.42. The Morgan fingerprint density at radius 3 is 2.45 bits per heavy atom. The molecule has 0 aliphatic heterocycles. The second-order valence-corrected chi connectivity index (χ2v) is 6.69. The highest BCUT2D eigenvalue weighted by Gasteiger charge is 2.35. The summed E-state index contributed by atoms with van der Waals surface area (Å²) in [5, 5.41) is 16.2. The number of carbonyl (C=O) groups is 1. The molecule has 0 heterocycles. The van der Waals surface area contributed by atoms with Gasteiger partial charge in [0.25, 0.3) is 0 Å². The van der Waals surface area contributed by atoms with Crippen molar-refractivity contribution in [1.29, 1.82) is 0 Å². The summed E-state index contributed by atoms with van der Waals surface area (Å²) in [5.74, 6) is 0.766. The van der Waals surface area contributed by atoms with Gasteiger partial charge in [0.2, 0.25) is 5.91 Å². The van der Waals surface area contributed by atoms with Gasteiger partial charge in [-0.15, -0.1) is 0 Å². The van der Waals surface area contributed by atoms with Crippen molar-refractivity contribution < 1.29 is 9.90 Å². The van der Waals surface area contributed by atoms with Gasteiger partial charge in [-0.05, 0) is 51.9 Å². The molecule has 0 aromatic heterocycles. The maximum Gasteiger partial charge on any atom is 0.237 e. The highest BCUT2D eigenvalue weighted by molar-refractivity contribution is 5.81. The van der Waals surface area contributed by atoms with Crippen LogP contribution in [-0.4, -0.2) is 35.2 Å². The van der Waals surface area contributed by atoms with Crippen molar-refractivity contribution in [3.05, 3.63) is 0 Å². The first-order chi connectivity index (χ1) is 9.42. The van der Waals surface area contributed by atoms with E-state index in [1.165, 1.54) is 0 Å². The lowest BCUT2D eigenvalue weighted by Gasteiger charge is -2.40. The van der Waals surface area contributed by atoms with Gasteiger partial charge >= 0.3 is 0 Å². The molecule has 1 amide bonds. The third-order valence-corrected chi connectivity index (χ3v) is 4.56. The van der Waals surface area contributed by atoms with E-state index in [0.29, 0.717) is 0 Å². The fraction of sp³-hybridized carbons (Fsp3) is 0.938. The fourth-order valence-electron chi connectivity index (χ4n) is 3.06. The molecule has 1 aliphatic rings. The van der Waals surface area contributed by atoms with Crippen molar-refractivity contribution in [2.45, 2.75) is 83.8 Å². The first-order valence-electron chi connectivity index (χ1n) is 8.11. The number of carbonyl (C=O) groups excluding carboxylic acids is 1. The summed E-state index contributed by atoms with van der Waals surface area (Å²) in [4.78, 5) is 12.2. The Morgan fingerprint density at radius 1 is 1.35 bits per heavy atom. The smallest absolute Gasteiger partial charge is 0.237 e. The predicted molar refractivity (Wildman–Crippen MR) is 82.6 cm³/mol. The van der Waals surface area contributed by atoms with Crippen LogP contribution in [0.3, 0.4) is 0 Å². The minimum atomic E-state index is -0.267. The average molecular weight is 284 g/mol. The van der Waals surface area contributed by atoms with Gasteiger partial charge in [-0.25, -0.2) is 0 Å². The van der Waals surface area contributed by atoms with Gasteiger partial charge in [-0.2, -0.15) is 0 Å². The molecule has 0 saturated heterocycles. The SMILES string of the molecule is CCCC(C)NC(=O)C(C)NC1(CO)CCC(C)CC1. The first-order valence-corrected chi connectivity index (χ1v) is 8.11. The van der Waals surface area contributed by atoms with Gasteiger partial charge in [-0.1, -0.05) is 20.3 Å². The molecule has 1 saturated carbocycles. The van der Waals surface area contributed by atoms with Crippen LogP contribution in [0.4, 0.5) is 0 Å². The molecule has 0 aromatic carbocycles. The van der Waals surface area contributed by atoms with Crippen molar-refractivity contribution in [1.82, 2.24) is 10.6 Å². The highest BCUT2D eigenvalue weighted by Crippen LogP contribution is 2.31. The molecule has 2 atom stereocenters. The van der Waals surface area contributed by atoms with E-state index in [0.717, 1.165) is 44.4 Å². The summed E-state index contributed by atoms with van der Waals surface area (Å²) >= 11 is 0. The van der Waals surface area contributed by atoms with Crippen molar-refractivity contribution in [2.24, 2.45) is 5.92 Å². The third kappa shape index (κ3) is 5.06. The monoisotopic (exact) mass is 284 g/mol. The van der Waals surface area contributed by atoms with E-state index in [-0.39, 0.29) is 30.1 Å². The second kappa shape index (κ2) is 7.99. The molecule has 0 aromatic rings. The van der Waals surface area contributed by atoms with E-state index < -0.39 is 0 Å². The van der Waals surface area contributed by atoms with Crippen molar-refractivity contribution in [3.8, 4) is 0 Å². The van der Waals surface area contributed by atoms with Crippen LogP contribution in [-0.2, 0) is 4.79 Å². The Morgan fingerprint density at radius 2 is 1.95 bits per heavy atom. The zero-order valence-electron chi connectivity index (χ0n) is 13.5. The standard InChI is InChI=1S/C16H32N2O2/c1-5-6-13(3)17-15(20)14(4)18-16(11-19)9-7-12(2)8-10-16/h12-14,18-19H,5-11H2,1-4H3,(H,17,20). The van der Waals surface area contributed by atoms with E-state index >= 15 is 0 Å². The van der Waals surface area contributed by atoms with Gasteiger partial charge in [0.1, 0.15) is 0 Å². The Balaban J connectivity index is 2.50. The maximum absolute atomic E-state index is 12.2. The molecule has 4 heteroatoms. The Hall–Kier alpha value is -0.610. The lowest BCUT2D eigenvalue weighted by molar-refractivity contribution is -0.124. The van der Waals surface area contributed by atoms with E-state index in [2.05, 4.69) is 24.5 Å². The maximum atomic E-state index is 12.2. The average Bonchev–Trinajstić information content (AvgIpc) is 2.41. The molecule has 0 radical (unpaired) electrons. The fourth-order valence-corrected chi connectivity index (χ4v) is 3.06. The number of aliphatic hydroxyl groups excluding tert-OH is 1. The van der Waals surface area contributed by atoms with Gasteiger partial charge < -0.3 is 10.4 Å². The molecule has 2 unspecified atom stereocenters. The molecular weight excluding hydrogens is 252 g/mol. The molecule has 1 aliphatic carbocycles. The van der Waals surface area contributed by atoms with Crippen molar-refractivity contribution in [2.75, 3.05) is 6.61 Å². The van der Waals surface area contributed by atoms with Gasteiger partial charge in [-0.3, -0.25) is 10.1 Å². The normalized spacial score (nSPS) is 29.8. The first kappa shape index (κ1) is 17.4. The number of hydrogen-bond acceptors (Lipinski definition) is 3. The van der Waals surface area contributed by atoms with Crippen LogP contribution >= 0.6 is 0 Å². The van der Waals surface area contributed by atoms with Crippen LogP contribution in [0, 0.1) is 5.92 Å². The van der Waals surface area contributed by atoms with Crippen LogP contribution in [0.5, 0.6) is 0 Å². The minimum absolute atomic E-state index is 0.0393. The Kier molecular flexibility index (Phi) is 6.96. The molecule has 0 bridgehead atoms. The van der Waals surface area contributed by atoms with E-state index in [1.807, 2.05) is 13.8 Å². The number of nitrogens with one attached hydrogen (secondary N) is 2. The molecule has 3 N–H and O–H groups in total. The third-order valence-electron chi connectivity index (χ3n) is 4.56. The molecule has 1 fully saturated rings. The van der Waals surface area contributed by atoms with Gasteiger partial charge in [0, 0.05) is 11.6 Å². The van der Waals surface area contributed by atoms with Crippen LogP contribution in [0.25, 0.3) is 0 Å². The second-order valence-electron chi connectivity index (χ2n) is 6.69. The van der Waals surface area contributed by atoms with E-state index in [4.69, 9.17) is 0 Å². The molecule has 118 valence electrons. The van der Waals surface area contributed by atoms with E-state index in [9.17, 15) is 9.90 Å². The van der Waals surface area contributed by atoms with Crippen LogP contribution in [0.15, 0.2) is 0 Å². The summed E-state index contributed by atoms with van der Waals surface area (Å²) in [7, 11) is 0. The van der Waals surface area contributed by atoms with Gasteiger partial charge in [0.15, 0.2) is 0 Å². The van der Waals surface area contributed by atoms with Crippen molar-refractivity contribution >= 4 is 5.91 Å². The summed E-state index contributed by atoms with van der Waals surface area (Å²) in [6, 6.07) is -0.0388.